The van der Waals surface area contributed by atoms with E-state index in [1.807, 2.05) is 6.92 Å². The van der Waals surface area contributed by atoms with Crippen LogP contribution in [-0.2, 0) is 11.2 Å². The summed E-state index contributed by atoms with van der Waals surface area (Å²) < 4.78 is 0. The molecule has 0 radical (unpaired) electrons. The summed E-state index contributed by atoms with van der Waals surface area (Å²) in [4.78, 5) is 22.7. The molecule has 2 aromatic rings. The Morgan fingerprint density at radius 2 is 1.82 bits per heavy atom. The molecule has 0 aromatic heterocycles. The van der Waals surface area contributed by atoms with E-state index in [1.54, 1.807) is 37.3 Å². The average Bonchev–Trinajstić information content (AvgIpc) is 2.46. The fraction of sp³-hybridized carbons (Fsp3) is 0.188. The molecule has 0 spiro atoms. The highest BCUT2D eigenvalue weighted by Gasteiger charge is 2.19. The normalized spacial score (nSPS) is 10.3. The molecule has 1 amide bonds. The molecule has 22 heavy (non-hydrogen) atoms. The van der Waals surface area contributed by atoms with Gasteiger partial charge in [-0.25, -0.2) is 0 Å². The van der Waals surface area contributed by atoms with E-state index in [2.05, 4.69) is 5.32 Å². The highest BCUT2D eigenvalue weighted by molar-refractivity contribution is 6.30. The van der Waals surface area contributed by atoms with Crippen molar-refractivity contribution < 1.29 is 9.72 Å². The van der Waals surface area contributed by atoms with Crippen molar-refractivity contribution in [3.8, 4) is 0 Å². The van der Waals surface area contributed by atoms with Gasteiger partial charge in [-0.05, 0) is 42.7 Å². The molecule has 0 aliphatic rings. The van der Waals surface area contributed by atoms with Crippen LogP contribution in [0, 0.1) is 24.0 Å². The summed E-state index contributed by atoms with van der Waals surface area (Å²) in [5.74, 6) is -0.306. The summed E-state index contributed by atoms with van der Waals surface area (Å²) in [7, 11) is 0. The van der Waals surface area contributed by atoms with Crippen molar-refractivity contribution in [1.82, 2.24) is 0 Å². The van der Waals surface area contributed by atoms with Crippen LogP contribution in [0.4, 0.5) is 11.4 Å². The molecule has 2 aromatic carbocycles. The van der Waals surface area contributed by atoms with Crippen LogP contribution >= 0.6 is 11.6 Å². The van der Waals surface area contributed by atoms with Gasteiger partial charge in [0, 0.05) is 11.1 Å². The minimum atomic E-state index is -0.496. The van der Waals surface area contributed by atoms with E-state index >= 15 is 0 Å². The molecule has 0 atom stereocenters. The second kappa shape index (κ2) is 6.58. The van der Waals surface area contributed by atoms with Crippen LogP contribution in [0.1, 0.15) is 16.7 Å². The molecule has 114 valence electrons. The SMILES string of the molecule is Cc1ccc([N+](=O)[O-])c(NC(=O)Cc2ccc(Cl)cc2)c1C. The Hall–Kier alpha value is -2.40. The first-order valence-corrected chi connectivity index (χ1v) is 7.05. The number of hydrogen-bond acceptors (Lipinski definition) is 3. The van der Waals surface area contributed by atoms with Crippen LogP contribution in [-0.4, -0.2) is 10.8 Å². The number of halogens is 1. The summed E-state index contributed by atoms with van der Waals surface area (Å²) in [5, 5.41) is 14.3. The molecule has 0 heterocycles. The second-order valence-electron chi connectivity index (χ2n) is 5.01. The first-order chi connectivity index (χ1) is 10.4. The van der Waals surface area contributed by atoms with Crippen molar-refractivity contribution in [2.45, 2.75) is 20.3 Å². The predicted octanol–water partition coefficient (Wildman–Crippen LogP) is 4.05. The van der Waals surface area contributed by atoms with Crippen molar-refractivity contribution in [1.29, 1.82) is 0 Å². The molecule has 0 fully saturated rings. The number of nitrogens with zero attached hydrogens (tertiary/aromatic N) is 1. The smallest absolute Gasteiger partial charge is 0.293 e. The number of rotatable bonds is 4. The summed E-state index contributed by atoms with van der Waals surface area (Å²) in [6.07, 6.45) is 0.127. The number of aryl methyl sites for hydroxylation is 1. The third-order valence-electron chi connectivity index (χ3n) is 3.45. The molecule has 6 heteroatoms. The van der Waals surface area contributed by atoms with Crippen LogP contribution < -0.4 is 5.32 Å². The predicted molar refractivity (Wildman–Crippen MR) is 86.4 cm³/mol. The van der Waals surface area contributed by atoms with Gasteiger partial charge in [-0.1, -0.05) is 29.8 Å². The third kappa shape index (κ3) is 3.62. The summed E-state index contributed by atoms with van der Waals surface area (Å²) in [6, 6.07) is 9.97. The maximum absolute atomic E-state index is 12.1. The maximum Gasteiger partial charge on any atom is 0.293 e. The van der Waals surface area contributed by atoms with E-state index in [0.29, 0.717) is 10.6 Å². The largest absolute Gasteiger partial charge is 0.320 e. The number of anilines is 1. The van der Waals surface area contributed by atoms with E-state index in [1.165, 1.54) is 6.07 Å². The summed E-state index contributed by atoms with van der Waals surface area (Å²) in [5.41, 5.74) is 2.51. The summed E-state index contributed by atoms with van der Waals surface area (Å²) in [6.45, 7) is 3.59. The monoisotopic (exact) mass is 318 g/mol. The molecule has 1 N–H and O–H groups in total. The lowest BCUT2D eigenvalue weighted by atomic mass is 10.1. The van der Waals surface area contributed by atoms with Crippen molar-refractivity contribution in [3.63, 3.8) is 0 Å². The lowest BCUT2D eigenvalue weighted by Crippen LogP contribution is -2.16. The minimum absolute atomic E-state index is 0.104. The Kier molecular flexibility index (Phi) is 4.78. The van der Waals surface area contributed by atoms with Crippen LogP contribution in [0.2, 0.25) is 5.02 Å². The van der Waals surface area contributed by atoms with E-state index in [4.69, 9.17) is 11.6 Å². The van der Waals surface area contributed by atoms with Crippen molar-refractivity contribution >= 4 is 28.9 Å². The molecule has 0 aliphatic carbocycles. The van der Waals surface area contributed by atoms with Crippen molar-refractivity contribution in [2.24, 2.45) is 0 Å². The fourth-order valence-corrected chi connectivity index (χ4v) is 2.21. The van der Waals surface area contributed by atoms with E-state index < -0.39 is 4.92 Å². The number of nitro groups is 1. The molecule has 5 nitrogen and oxygen atoms in total. The Morgan fingerprint density at radius 3 is 2.41 bits per heavy atom. The first kappa shape index (κ1) is 16.0. The zero-order valence-electron chi connectivity index (χ0n) is 12.2. The fourth-order valence-electron chi connectivity index (χ4n) is 2.08. The van der Waals surface area contributed by atoms with Gasteiger partial charge in [-0.3, -0.25) is 14.9 Å². The number of nitrogens with one attached hydrogen (secondary N) is 1. The van der Waals surface area contributed by atoms with Gasteiger partial charge >= 0.3 is 0 Å². The Labute approximate surface area is 133 Å². The maximum atomic E-state index is 12.1. The van der Waals surface area contributed by atoms with Gasteiger partial charge in [-0.2, -0.15) is 0 Å². The molecule has 0 saturated carbocycles. The number of hydrogen-bond donors (Lipinski definition) is 1. The second-order valence-corrected chi connectivity index (χ2v) is 5.45. The van der Waals surface area contributed by atoms with E-state index in [9.17, 15) is 14.9 Å². The molecule has 0 aliphatic heterocycles. The van der Waals surface area contributed by atoms with Crippen molar-refractivity contribution in [2.75, 3.05) is 5.32 Å². The highest BCUT2D eigenvalue weighted by atomic mass is 35.5. The van der Waals surface area contributed by atoms with Crippen LogP contribution in [0.5, 0.6) is 0 Å². The number of carbonyl (C=O) groups is 1. The molecular weight excluding hydrogens is 304 g/mol. The molecule has 2 rings (SSSR count). The lowest BCUT2D eigenvalue weighted by Gasteiger charge is -2.11. The van der Waals surface area contributed by atoms with E-state index in [0.717, 1.165) is 11.1 Å². The van der Waals surface area contributed by atoms with Gasteiger partial charge < -0.3 is 5.32 Å². The van der Waals surface area contributed by atoms with Crippen molar-refractivity contribution in [3.05, 3.63) is 68.2 Å². The van der Waals surface area contributed by atoms with Gasteiger partial charge in [0.05, 0.1) is 11.3 Å². The standard InChI is InChI=1S/C16H15ClN2O3/c1-10-3-8-14(19(21)22)16(11(10)2)18-15(20)9-12-4-6-13(17)7-5-12/h3-8H,9H2,1-2H3,(H,18,20). The number of benzene rings is 2. The zero-order chi connectivity index (χ0) is 16.3. The first-order valence-electron chi connectivity index (χ1n) is 6.67. The summed E-state index contributed by atoms with van der Waals surface area (Å²) >= 11 is 5.80. The number of nitro benzene ring substituents is 1. The van der Waals surface area contributed by atoms with Gasteiger partial charge in [0.25, 0.3) is 5.69 Å². The minimum Gasteiger partial charge on any atom is -0.320 e. The average molecular weight is 319 g/mol. The molecule has 0 unspecified atom stereocenters. The molecule has 0 saturated heterocycles. The van der Waals surface area contributed by atoms with Gasteiger partial charge in [0.1, 0.15) is 5.69 Å². The highest BCUT2D eigenvalue weighted by Crippen LogP contribution is 2.30. The Morgan fingerprint density at radius 1 is 1.18 bits per heavy atom. The molecular formula is C16H15ClN2O3. The Bertz CT molecular complexity index is 727. The topological polar surface area (TPSA) is 72.2 Å². The van der Waals surface area contributed by atoms with Crippen LogP contribution in [0.25, 0.3) is 0 Å². The number of carbonyl (C=O) groups excluding carboxylic acids is 1. The number of amides is 1. The zero-order valence-corrected chi connectivity index (χ0v) is 13.0. The lowest BCUT2D eigenvalue weighted by molar-refractivity contribution is -0.384. The van der Waals surface area contributed by atoms with E-state index in [-0.39, 0.29) is 23.7 Å². The van der Waals surface area contributed by atoms with Gasteiger partial charge in [-0.15, -0.1) is 0 Å². The quantitative estimate of drug-likeness (QED) is 0.683. The van der Waals surface area contributed by atoms with Gasteiger partial charge in [0.2, 0.25) is 5.91 Å². The molecule has 0 bridgehead atoms. The van der Waals surface area contributed by atoms with Crippen LogP contribution in [0.15, 0.2) is 36.4 Å². The third-order valence-corrected chi connectivity index (χ3v) is 3.70. The van der Waals surface area contributed by atoms with Crippen LogP contribution in [0.3, 0.4) is 0 Å². The Balaban J connectivity index is 2.22. The van der Waals surface area contributed by atoms with Gasteiger partial charge in [0.15, 0.2) is 0 Å².